The Labute approximate surface area is 127 Å². The van der Waals surface area contributed by atoms with Gasteiger partial charge in [-0.3, -0.25) is 9.89 Å². The van der Waals surface area contributed by atoms with Crippen molar-refractivity contribution in [2.24, 2.45) is 7.05 Å². The van der Waals surface area contributed by atoms with Gasteiger partial charge >= 0.3 is 0 Å². The third-order valence-corrected chi connectivity index (χ3v) is 4.44. The summed E-state index contributed by atoms with van der Waals surface area (Å²) in [5, 5.41) is 12.0. The first-order valence-electron chi connectivity index (χ1n) is 6.18. The van der Waals surface area contributed by atoms with Crippen LogP contribution < -0.4 is 5.56 Å². The number of aryl methyl sites for hydroxylation is 1. The second-order valence-electron chi connectivity index (χ2n) is 4.64. The van der Waals surface area contributed by atoms with Gasteiger partial charge in [-0.1, -0.05) is 29.5 Å². The van der Waals surface area contributed by atoms with Crippen molar-refractivity contribution in [1.29, 1.82) is 0 Å². The van der Waals surface area contributed by atoms with Crippen molar-refractivity contribution in [1.82, 2.24) is 24.4 Å². The highest BCUT2D eigenvalue weighted by molar-refractivity contribution is 7.73. The molecule has 0 spiro atoms. The molecular formula is C13H9N5OS2. The van der Waals surface area contributed by atoms with Crippen molar-refractivity contribution in [3.05, 3.63) is 44.8 Å². The highest BCUT2D eigenvalue weighted by Crippen LogP contribution is 2.26. The summed E-state index contributed by atoms with van der Waals surface area (Å²) in [6, 6.07) is 7.87. The third-order valence-electron chi connectivity index (χ3n) is 3.37. The Morgan fingerprint density at radius 2 is 2.10 bits per heavy atom. The normalized spacial score (nSPS) is 11.5. The molecule has 6 nitrogen and oxygen atoms in total. The Hall–Kier alpha value is -2.32. The largest absolute Gasteiger partial charge is 0.350 e. The van der Waals surface area contributed by atoms with Crippen LogP contribution in [0.25, 0.3) is 27.1 Å². The molecule has 104 valence electrons. The van der Waals surface area contributed by atoms with E-state index in [-0.39, 0.29) is 5.56 Å². The molecule has 0 unspecified atom stereocenters. The van der Waals surface area contributed by atoms with Crippen molar-refractivity contribution in [2.75, 3.05) is 0 Å². The molecule has 0 saturated carbocycles. The highest BCUT2D eigenvalue weighted by Gasteiger charge is 2.15. The van der Waals surface area contributed by atoms with Crippen LogP contribution in [0.5, 0.6) is 0 Å². The van der Waals surface area contributed by atoms with Crippen LogP contribution in [0.3, 0.4) is 0 Å². The second-order valence-corrected chi connectivity index (χ2v) is 6.29. The average molecular weight is 315 g/mol. The summed E-state index contributed by atoms with van der Waals surface area (Å²) in [5.74, 6) is 0. The van der Waals surface area contributed by atoms with E-state index in [2.05, 4.69) is 15.3 Å². The fourth-order valence-corrected chi connectivity index (χ4v) is 3.35. The molecule has 1 N–H and O–H groups in total. The minimum absolute atomic E-state index is 0.247. The molecule has 0 aliphatic heterocycles. The number of fused-ring (bicyclic) bond motifs is 2. The number of para-hydroxylation sites is 1. The van der Waals surface area contributed by atoms with E-state index >= 15 is 0 Å². The van der Waals surface area contributed by atoms with Gasteiger partial charge in [0.1, 0.15) is 0 Å². The van der Waals surface area contributed by atoms with E-state index in [1.165, 1.54) is 15.9 Å². The first-order chi connectivity index (χ1) is 10.1. The van der Waals surface area contributed by atoms with E-state index in [0.29, 0.717) is 14.6 Å². The maximum absolute atomic E-state index is 12.6. The van der Waals surface area contributed by atoms with Crippen LogP contribution in [0, 0.1) is 3.95 Å². The SMILES string of the molecule is Cn1cc(-c2nnc3sc(=S)[nH]n3c2=O)c2ccccc21. The van der Waals surface area contributed by atoms with Crippen LogP contribution in [-0.2, 0) is 7.05 Å². The Balaban J connectivity index is 2.11. The number of H-pyrrole nitrogens is 1. The van der Waals surface area contributed by atoms with Crippen LogP contribution in [0.2, 0.25) is 0 Å². The van der Waals surface area contributed by atoms with Gasteiger partial charge in [-0.2, -0.15) is 4.52 Å². The van der Waals surface area contributed by atoms with E-state index in [1.54, 1.807) is 0 Å². The molecule has 4 aromatic rings. The van der Waals surface area contributed by atoms with Crippen LogP contribution in [0.4, 0.5) is 0 Å². The fourth-order valence-electron chi connectivity index (χ4n) is 2.43. The molecule has 0 radical (unpaired) electrons. The predicted octanol–water partition coefficient (Wildman–Crippen LogP) is 2.37. The molecule has 0 aliphatic carbocycles. The lowest BCUT2D eigenvalue weighted by atomic mass is 10.1. The summed E-state index contributed by atoms with van der Waals surface area (Å²) in [7, 11) is 1.94. The molecule has 8 heteroatoms. The lowest BCUT2D eigenvalue weighted by molar-refractivity contribution is 0.854. The highest BCUT2D eigenvalue weighted by atomic mass is 32.1. The molecular weight excluding hydrogens is 306 g/mol. The quantitative estimate of drug-likeness (QED) is 0.548. The molecule has 0 amide bonds. The minimum Gasteiger partial charge on any atom is -0.350 e. The Bertz CT molecular complexity index is 1100. The molecule has 3 heterocycles. The van der Waals surface area contributed by atoms with Gasteiger partial charge in [0, 0.05) is 29.7 Å². The van der Waals surface area contributed by atoms with Crippen LogP contribution >= 0.6 is 23.6 Å². The van der Waals surface area contributed by atoms with E-state index in [1.807, 2.05) is 42.1 Å². The first kappa shape index (κ1) is 12.4. The number of aromatic amines is 1. The Kier molecular flexibility index (Phi) is 2.57. The van der Waals surface area contributed by atoms with E-state index < -0.39 is 0 Å². The number of aromatic nitrogens is 5. The first-order valence-corrected chi connectivity index (χ1v) is 7.40. The van der Waals surface area contributed by atoms with Crippen molar-refractivity contribution in [3.63, 3.8) is 0 Å². The van der Waals surface area contributed by atoms with Crippen molar-refractivity contribution >= 4 is 39.4 Å². The smallest absolute Gasteiger partial charge is 0.300 e. The standard InChI is InChI=1S/C13H9N5OS2/c1-17-6-8(7-4-2-3-5-9(7)17)10-11(19)18-12(15-14-10)21-13(20)16-18/h2-6H,1H3,(H,16,20). The van der Waals surface area contributed by atoms with Crippen LogP contribution in [0.1, 0.15) is 0 Å². The monoisotopic (exact) mass is 315 g/mol. The Morgan fingerprint density at radius 1 is 1.29 bits per heavy atom. The molecule has 0 aliphatic rings. The summed E-state index contributed by atoms with van der Waals surface area (Å²) in [5.41, 5.74) is 1.87. The zero-order chi connectivity index (χ0) is 14.6. The summed E-state index contributed by atoms with van der Waals surface area (Å²) in [6.45, 7) is 0. The molecule has 0 atom stereocenters. The molecule has 0 fully saturated rings. The predicted molar refractivity (Wildman–Crippen MR) is 84.2 cm³/mol. The molecule has 1 aromatic carbocycles. The summed E-state index contributed by atoms with van der Waals surface area (Å²) < 4.78 is 3.81. The molecule has 0 bridgehead atoms. The van der Waals surface area contributed by atoms with E-state index in [9.17, 15) is 4.79 Å². The van der Waals surface area contributed by atoms with E-state index in [0.717, 1.165) is 16.5 Å². The third kappa shape index (κ3) is 1.76. The maximum Gasteiger partial charge on any atom is 0.300 e. The zero-order valence-corrected chi connectivity index (χ0v) is 12.5. The topological polar surface area (TPSA) is 68.0 Å². The van der Waals surface area contributed by atoms with E-state index in [4.69, 9.17) is 12.2 Å². The van der Waals surface area contributed by atoms with Gasteiger partial charge in [-0.05, 0) is 18.3 Å². The van der Waals surface area contributed by atoms with Crippen molar-refractivity contribution in [3.8, 4) is 11.3 Å². The molecule has 3 aromatic heterocycles. The van der Waals surface area contributed by atoms with Gasteiger partial charge in [0.2, 0.25) is 4.96 Å². The maximum atomic E-state index is 12.6. The fraction of sp³-hybridized carbons (Fsp3) is 0.0769. The van der Waals surface area contributed by atoms with Gasteiger partial charge in [0.05, 0.1) is 0 Å². The number of nitrogens with one attached hydrogen (secondary N) is 1. The van der Waals surface area contributed by atoms with Gasteiger partial charge in [0.15, 0.2) is 9.65 Å². The van der Waals surface area contributed by atoms with Crippen LogP contribution in [0.15, 0.2) is 35.3 Å². The van der Waals surface area contributed by atoms with Crippen molar-refractivity contribution < 1.29 is 0 Å². The molecule has 4 rings (SSSR count). The number of nitrogens with zero attached hydrogens (tertiary/aromatic N) is 4. The minimum atomic E-state index is -0.247. The van der Waals surface area contributed by atoms with Crippen LogP contribution in [-0.4, -0.2) is 24.4 Å². The summed E-state index contributed by atoms with van der Waals surface area (Å²) in [4.78, 5) is 13.0. The molecule has 0 saturated heterocycles. The van der Waals surface area contributed by atoms with Gasteiger partial charge in [-0.25, -0.2) is 0 Å². The zero-order valence-electron chi connectivity index (χ0n) is 10.9. The average Bonchev–Trinajstić information content (AvgIpc) is 3.01. The number of benzene rings is 1. The summed E-state index contributed by atoms with van der Waals surface area (Å²) in [6.07, 6.45) is 1.89. The lowest BCUT2D eigenvalue weighted by Crippen LogP contribution is -2.18. The van der Waals surface area contributed by atoms with Gasteiger partial charge in [-0.15, -0.1) is 10.2 Å². The van der Waals surface area contributed by atoms with Crippen molar-refractivity contribution in [2.45, 2.75) is 0 Å². The lowest BCUT2D eigenvalue weighted by Gasteiger charge is -1.97. The van der Waals surface area contributed by atoms with Gasteiger partial charge < -0.3 is 4.57 Å². The summed E-state index contributed by atoms with van der Waals surface area (Å²) >= 11 is 6.27. The Morgan fingerprint density at radius 3 is 2.95 bits per heavy atom. The molecule has 21 heavy (non-hydrogen) atoms. The second kappa shape index (κ2) is 4.34. The van der Waals surface area contributed by atoms with Gasteiger partial charge in [0.25, 0.3) is 5.56 Å². The number of hydrogen-bond acceptors (Lipinski definition) is 5. The number of hydrogen-bond donors (Lipinski definition) is 1. The number of rotatable bonds is 1.